The van der Waals surface area contributed by atoms with E-state index >= 15 is 0 Å². The van der Waals surface area contributed by atoms with E-state index in [1.165, 1.54) is 5.56 Å². The van der Waals surface area contributed by atoms with Crippen LogP contribution in [0.25, 0.3) is 0 Å². The van der Waals surface area contributed by atoms with Crippen LogP contribution in [0, 0.1) is 0 Å². The number of hydrogen-bond acceptors (Lipinski definition) is 4. The van der Waals surface area contributed by atoms with Gasteiger partial charge in [0.1, 0.15) is 5.60 Å². The van der Waals surface area contributed by atoms with E-state index in [0.717, 1.165) is 32.2 Å². The van der Waals surface area contributed by atoms with Gasteiger partial charge in [0.05, 0.1) is 18.1 Å². The smallest absolute Gasteiger partial charge is 0.338 e. The Kier molecular flexibility index (Phi) is 6.01. The first-order valence-corrected chi connectivity index (χ1v) is 8.36. The molecule has 5 heteroatoms. The first kappa shape index (κ1) is 18.0. The second-order valence-electron chi connectivity index (χ2n) is 6.98. The summed E-state index contributed by atoms with van der Waals surface area (Å²) >= 11 is 0. The average Bonchev–Trinajstić information content (AvgIpc) is 2.91. The van der Waals surface area contributed by atoms with Gasteiger partial charge < -0.3 is 14.4 Å². The number of unbranched alkanes of at least 4 members (excludes halogenated alkanes) is 2. The van der Waals surface area contributed by atoms with Gasteiger partial charge in [-0.25, -0.2) is 9.78 Å². The molecule has 0 atom stereocenters. The Hall–Kier alpha value is -2.30. The highest BCUT2D eigenvalue weighted by Gasteiger charge is 2.17. The Balaban J connectivity index is 1.71. The van der Waals surface area contributed by atoms with Crippen molar-refractivity contribution in [1.29, 1.82) is 0 Å². The van der Waals surface area contributed by atoms with Gasteiger partial charge in [-0.15, -0.1) is 0 Å². The third-order valence-electron chi connectivity index (χ3n) is 3.59. The average molecular weight is 330 g/mol. The van der Waals surface area contributed by atoms with Crippen LogP contribution in [0.15, 0.2) is 36.8 Å². The molecule has 1 aromatic heterocycles. The molecule has 0 amide bonds. The first-order valence-electron chi connectivity index (χ1n) is 8.36. The number of carbonyl (C=O) groups excluding carboxylic acids is 1. The molecule has 2 aromatic rings. The number of rotatable bonds is 7. The lowest BCUT2D eigenvalue weighted by atomic mass is 10.0. The third-order valence-corrected chi connectivity index (χ3v) is 3.59. The predicted molar refractivity (Wildman–Crippen MR) is 93.1 cm³/mol. The van der Waals surface area contributed by atoms with Gasteiger partial charge in [0.25, 0.3) is 0 Å². The van der Waals surface area contributed by atoms with Crippen molar-refractivity contribution in [3.05, 3.63) is 47.9 Å². The van der Waals surface area contributed by atoms with Crippen LogP contribution in [0.3, 0.4) is 0 Å². The molecule has 0 fully saturated rings. The maximum Gasteiger partial charge on any atom is 0.338 e. The zero-order valence-corrected chi connectivity index (χ0v) is 14.7. The maximum atomic E-state index is 12.0. The molecule has 0 aliphatic rings. The minimum Gasteiger partial charge on any atom is -0.492 e. The lowest BCUT2D eigenvalue weighted by molar-refractivity contribution is 0.00695. The number of benzene rings is 1. The summed E-state index contributed by atoms with van der Waals surface area (Å²) < 4.78 is 7.25. The fourth-order valence-electron chi connectivity index (χ4n) is 2.42. The van der Waals surface area contributed by atoms with E-state index in [-0.39, 0.29) is 11.8 Å². The molecule has 1 N–H and O–H groups in total. The number of imidazole rings is 1. The normalized spacial score (nSPS) is 11.5. The molecular formula is C19H26N2O3. The van der Waals surface area contributed by atoms with Crippen LogP contribution < -0.4 is 0 Å². The molecule has 0 bridgehead atoms. The number of carbonyl (C=O) groups is 1. The van der Waals surface area contributed by atoms with Crippen molar-refractivity contribution in [2.24, 2.45) is 0 Å². The van der Waals surface area contributed by atoms with Gasteiger partial charge in [-0.1, -0.05) is 18.6 Å². The summed E-state index contributed by atoms with van der Waals surface area (Å²) in [7, 11) is 0. The van der Waals surface area contributed by atoms with Gasteiger partial charge in [-0.2, -0.15) is 0 Å². The minimum absolute atomic E-state index is 0.0695. The Bertz CT molecular complexity index is 654. The lowest BCUT2D eigenvalue weighted by Gasteiger charge is -2.19. The Labute approximate surface area is 143 Å². The topological polar surface area (TPSA) is 64.4 Å². The van der Waals surface area contributed by atoms with Crippen molar-refractivity contribution >= 4 is 5.97 Å². The summed E-state index contributed by atoms with van der Waals surface area (Å²) in [5.41, 5.74) is 1.35. The number of esters is 1. The first-order chi connectivity index (χ1) is 11.3. The Morgan fingerprint density at radius 2 is 1.88 bits per heavy atom. The molecule has 0 aliphatic carbocycles. The molecule has 0 saturated carbocycles. The molecule has 24 heavy (non-hydrogen) atoms. The number of aromatic nitrogens is 2. The highest BCUT2D eigenvalue weighted by molar-refractivity contribution is 5.89. The fourth-order valence-corrected chi connectivity index (χ4v) is 2.42. The van der Waals surface area contributed by atoms with E-state index in [0.29, 0.717) is 5.56 Å². The van der Waals surface area contributed by atoms with E-state index in [9.17, 15) is 4.79 Å². The highest BCUT2D eigenvalue weighted by Crippen LogP contribution is 2.14. The van der Waals surface area contributed by atoms with Crippen molar-refractivity contribution in [3.63, 3.8) is 0 Å². The molecule has 0 radical (unpaired) electrons. The number of hydrogen-bond donors (Lipinski definition) is 1. The fraction of sp³-hybridized carbons (Fsp3) is 0.474. The zero-order chi connectivity index (χ0) is 17.6. The lowest BCUT2D eigenvalue weighted by Crippen LogP contribution is -2.23. The molecule has 130 valence electrons. The van der Waals surface area contributed by atoms with Gasteiger partial charge in [-0.05, 0) is 57.7 Å². The zero-order valence-electron chi connectivity index (χ0n) is 14.7. The predicted octanol–water partition coefficient (Wildman–Crippen LogP) is 3.96. The van der Waals surface area contributed by atoms with Gasteiger partial charge in [0.2, 0.25) is 5.88 Å². The standard InChI is InChI=1S/C19H26N2O3/c1-19(2,3)24-18(23)16-10-8-15(9-11-16)7-5-4-6-12-21-13-17(22)20-14-21/h8-11,13-14,22H,4-7,12H2,1-3H3. The van der Waals surface area contributed by atoms with Crippen LogP contribution in [-0.4, -0.2) is 26.2 Å². The number of aryl methyl sites for hydroxylation is 2. The molecule has 0 spiro atoms. The molecule has 5 nitrogen and oxygen atoms in total. The van der Waals surface area contributed by atoms with Crippen molar-refractivity contribution in [2.75, 3.05) is 0 Å². The third kappa shape index (κ3) is 6.07. The van der Waals surface area contributed by atoms with Crippen LogP contribution in [0.4, 0.5) is 0 Å². The SMILES string of the molecule is CC(C)(C)OC(=O)c1ccc(CCCCCn2cnc(O)c2)cc1. The molecule has 1 aromatic carbocycles. The van der Waals surface area contributed by atoms with Crippen LogP contribution >= 0.6 is 0 Å². The molecule has 0 aliphatic heterocycles. The summed E-state index contributed by atoms with van der Waals surface area (Å²) in [5.74, 6) is -0.210. The van der Waals surface area contributed by atoms with E-state index < -0.39 is 5.60 Å². The number of ether oxygens (including phenoxy) is 1. The number of nitrogens with zero attached hydrogens (tertiary/aromatic N) is 2. The number of aromatic hydroxyl groups is 1. The summed E-state index contributed by atoms with van der Waals surface area (Å²) in [6.07, 6.45) is 7.51. The summed E-state index contributed by atoms with van der Waals surface area (Å²) in [5, 5.41) is 9.16. The van der Waals surface area contributed by atoms with Gasteiger partial charge in [0.15, 0.2) is 0 Å². The molecule has 0 saturated heterocycles. The largest absolute Gasteiger partial charge is 0.492 e. The van der Waals surface area contributed by atoms with Crippen molar-refractivity contribution < 1.29 is 14.6 Å². The van der Waals surface area contributed by atoms with E-state index in [1.807, 2.05) is 49.6 Å². The quantitative estimate of drug-likeness (QED) is 0.616. The minimum atomic E-state index is -0.470. The Morgan fingerprint density at radius 1 is 1.17 bits per heavy atom. The van der Waals surface area contributed by atoms with Crippen molar-refractivity contribution in [2.45, 2.75) is 58.6 Å². The van der Waals surface area contributed by atoms with Gasteiger partial charge in [-0.3, -0.25) is 0 Å². The molecule has 1 heterocycles. The highest BCUT2D eigenvalue weighted by atomic mass is 16.6. The van der Waals surface area contributed by atoms with Crippen molar-refractivity contribution in [3.8, 4) is 5.88 Å². The monoisotopic (exact) mass is 330 g/mol. The van der Waals surface area contributed by atoms with Crippen LogP contribution in [0.2, 0.25) is 0 Å². The van der Waals surface area contributed by atoms with E-state index in [4.69, 9.17) is 9.84 Å². The van der Waals surface area contributed by atoms with Crippen LogP contribution in [0.1, 0.15) is 56.0 Å². The molecule has 2 rings (SSSR count). The van der Waals surface area contributed by atoms with Crippen LogP contribution in [-0.2, 0) is 17.7 Å². The van der Waals surface area contributed by atoms with E-state index in [1.54, 1.807) is 12.5 Å². The molecule has 0 unspecified atom stereocenters. The summed E-state index contributed by atoms with van der Waals surface area (Å²) in [6, 6.07) is 7.65. The van der Waals surface area contributed by atoms with Gasteiger partial charge >= 0.3 is 5.97 Å². The Morgan fingerprint density at radius 3 is 2.46 bits per heavy atom. The second-order valence-corrected chi connectivity index (χ2v) is 6.98. The maximum absolute atomic E-state index is 12.0. The molecular weight excluding hydrogens is 304 g/mol. The summed E-state index contributed by atoms with van der Waals surface area (Å²) in [4.78, 5) is 15.7. The van der Waals surface area contributed by atoms with Crippen LogP contribution in [0.5, 0.6) is 5.88 Å². The van der Waals surface area contributed by atoms with E-state index in [2.05, 4.69) is 4.98 Å². The summed E-state index contributed by atoms with van der Waals surface area (Å²) in [6.45, 7) is 6.46. The second kappa shape index (κ2) is 7.99. The van der Waals surface area contributed by atoms with Crippen molar-refractivity contribution in [1.82, 2.24) is 9.55 Å². The van der Waals surface area contributed by atoms with Gasteiger partial charge in [0, 0.05) is 6.54 Å².